The minimum atomic E-state index is -4.47. The van der Waals surface area contributed by atoms with Crippen molar-refractivity contribution in [3.63, 3.8) is 0 Å². The van der Waals surface area contributed by atoms with Gasteiger partial charge in [0, 0.05) is 13.1 Å². The van der Waals surface area contributed by atoms with Crippen LogP contribution >= 0.6 is 0 Å². The van der Waals surface area contributed by atoms with Crippen molar-refractivity contribution in [1.29, 1.82) is 0 Å². The van der Waals surface area contributed by atoms with Gasteiger partial charge in [-0.05, 0) is 13.0 Å². The Labute approximate surface area is 75.7 Å². The third kappa shape index (κ3) is 3.95. The molecule has 0 N–H and O–H groups in total. The van der Waals surface area contributed by atoms with E-state index >= 15 is 0 Å². The molecule has 0 amide bonds. The van der Waals surface area contributed by atoms with Crippen LogP contribution in [0.25, 0.3) is 0 Å². The molecular weight excluding hydrogens is 183 g/mol. The normalized spacial score (nSPS) is 20.3. The van der Waals surface area contributed by atoms with E-state index < -0.39 is 12.5 Å². The maximum atomic E-state index is 11.7. The van der Waals surface area contributed by atoms with Crippen LogP contribution in [0.1, 0.15) is 19.8 Å². The van der Waals surface area contributed by atoms with Crippen LogP contribution in [0.2, 0.25) is 0 Å². The molecule has 1 saturated heterocycles. The number of unbranched alkanes of at least 4 members (excludes halogenated alkanes) is 1. The van der Waals surface area contributed by atoms with Gasteiger partial charge in [-0.1, -0.05) is 13.3 Å². The molecule has 0 saturated carbocycles. The molecule has 0 radical (unpaired) electrons. The van der Waals surface area contributed by atoms with Gasteiger partial charge in [-0.25, -0.2) is 0 Å². The molecule has 0 atom stereocenters. The van der Waals surface area contributed by atoms with E-state index in [1.807, 2.05) is 4.90 Å². The van der Waals surface area contributed by atoms with Crippen molar-refractivity contribution >= 4 is 0 Å². The zero-order valence-electron chi connectivity index (χ0n) is 7.60. The molecule has 1 fully saturated rings. The SMILES string of the molecule is CCCCN1CC(OC(F)(F)F)C1. The number of halogens is 3. The summed E-state index contributed by atoms with van der Waals surface area (Å²) < 4.78 is 38.8. The first-order valence-corrected chi connectivity index (χ1v) is 4.48. The molecule has 5 heteroatoms. The fourth-order valence-corrected chi connectivity index (χ4v) is 1.35. The van der Waals surface area contributed by atoms with E-state index in [2.05, 4.69) is 11.7 Å². The minimum Gasteiger partial charge on any atom is -0.298 e. The lowest BCUT2D eigenvalue weighted by Gasteiger charge is -2.38. The fraction of sp³-hybridized carbons (Fsp3) is 1.00. The van der Waals surface area contributed by atoms with Gasteiger partial charge in [-0.2, -0.15) is 0 Å². The summed E-state index contributed by atoms with van der Waals surface area (Å²) in [5, 5.41) is 0. The van der Waals surface area contributed by atoms with Crippen molar-refractivity contribution in [2.24, 2.45) is 0 Å². The molecule has 0 spiro atoms. The Hall–Kier alpha value is -0.290. The van der Waals surface area contributed by atoms with Crippen LogP contribution < -0.4 is 0 Å². The Morgan fingerprint density at radius 1 is 1.38 bits per heavy atom. The molecule has 0 aliphatic carbocycles. The number of ether oxygens (including phenoxy) is 1. The first-order chi connectivity index (χ1) is 6.01. The first-order valence-electron chi connectivity index (χ1n) is 4.48. The average molecular weight is 197 g/mol. The number of rotatable bonds is 4. The highest BCUT2D eigenvalue weighted by atomic mass is 19.4. The van der Waals surface area contributed by atoms with Gasteiger partial charge >= 0.3 is 6.36 Å². The Morgan fingerprint density at radius 3 is 2.46 bits per heavy atom. The van der Waals surface area contributed by atoms with E-state index in [9.17, 15) is 13.2 Å². The van der Waals surface area contributed by atoms with Gasteiger partial charge in [-0.3, -0.25) is 9.64 Å². The quantitative estimate of drug-likeness (QED) is 0.683. The van der Waals surface area contributed by atoms with E-state index in [4.69, 9.17) is 0 Å². The molecule has 0 aromatic rings. The van der Waals surface area contributed by atoms with Gasteiger partial charge in [0.25, 0.3) is 0 Å². The van der Waals surface area contributed by atoms with Crippen LogP contribution in [-0.4, -0.2) is 37.0 Å². The molecule has 1 aliphatic heterocycles. The van der Waals surface area contributed by atoms with Gasteiger partial charge < -0.3 is 0 Å². The second-order valence-electron chi connectivity index (χ2n) is 3.30. The average Bonchev–Trinajstić information content (AvgIpc) is 1.91. The zero-order chi connectivity index (χ0) is 9.90. The third-order valence-electron chi connectivity index (χ3n) is 2.05. The van der Waals surface area contributed by atoms with Crippen LogP contribution in [0.15, 0.2) is 0 Å². The molecule has 0 bridgehead atoms. The smallest absolute Gasteiger partial charge is 0.298 e. The van der Waals surface area contributed by atoms with E-state index in [1.165, 1.54) is 0 Å². The number of hydrogen-bond acceptors (Lipinski definition) is 2. The highest BCUT2D eigenvalue weighted by Gasteiger charge is 2.38. The Balaban J connectivity index is 2.05. The monoisotopic (exact) mass is 197 g/mol. The third-order valence-corrected chi connectivity index (χ3v) is 2.05. The molecule has 0 unspecified atom stereocenters. The van der Waals surface area contributed by atoms with E-state index in [-0.39, 0.29) is 0 Å². The number of hydrogen-bond donors (Lipinski definition) is 0. The van der Waals surface area contributed by atoms with Crippen molar-refractivity contribution < 1.29 is 17.9 Å². The summed E-state index contributed by atoms with van der Waals surface area (Å²) in [7, 11) is 0. The minimum absolute atomic E-state index is 0.416. The summed E-state index contributed by atoms with van der Waals surface area (Å²) in [6, 6.07) is 0. The molecule has 1 aliphatic rings. The highest BCUT2D eigenvalue weighted by molar-refractivity contribution is 4.80. The van der Waals surface area contributed by atoms with Gasteiger partial charge in [0.2, 0.25) is 0 Å². The Bertz CT molecular complexity index is 154. The van der Waals surface area contributed by atoms with Crippen molar-refractivity contribution in [2.75, 3.05) is 19.6 Å². The van der Waals surface area contributed by atoms with Crippen molar-refractivity contribution in [2.45, 2.75) is 32.2 Å². The fourth-order valence-electron chi connectivity index (χ4n) is 1.35. The van der Waals surface area contributed by atoms with Crippen LogP contribution in [0.4, 0.5) is 13.2 Å². The summed E-state index contributed by atoms with van der Waals surface area (Å²) in [5.74, 6) is 0. The molecule has 2 nitrogen and oxygen atoms in total. The van der Waals surface area contributed by atoms with Crippen LogP contribution in [-0.2, 0) is 4.74 Å². The van der Waals surface area contributed by atoms with Gasteiger partial charge in [0.05, 0.1) is 6.10 Å². The molecule has 0 aromatic heterocycles. The second kappa shape index (κ2) is 4.28. The molecule has 1 rings (SSSR count). The van der Waals surface area contributed by atoms with Crippen LogP contribution in [0.3, 0.4) is 0 Å². The summed E-state index contributed by atoms with van der Waals surface area (Å²) in [6.45, 7) is 3.77. The summed E-state index contributed by atoms with van der Waals surface area (Å²) in [6.07, 6.45) is -3.00. The number of alkyl halides is 3. The van der Waals surface area contributed by atoms with E-state index in [1.54, 1.807) is 0 Å². The molecule has 1 heterocycles. The van der Waals surface area contributed by atoms with Crippen LogP contribution in [0, 0.1) is 0 Å². The standard InChI is InChI=1S/C8H14F3NO/c1-2-3-4-12-5-7(6-12)13-8(9,10)11/h7H,2-6H2,1H3. The molecule has 13 heavy (non-hydrogen) atoms. The predicted molar refractivity (Wildman–Crippen MR) is 42.3 cm³/mol. The van der Waals surface area contributed by atoms with Crippen molar-refractivity contribution in [3.05, 3.63) is 0 Å². The zero-order valence-corrected chi connectivity index (χ0v) is 7.60. The maximum absolute atomic E-state index is 11.7. The largest absolute Gasteiger partial charge is 0.522 e. The molecule has 0 aromatic carbocycles. The second-order valence-corrected chi connectivity index (χ2v) is 3.30. The molecule has 78 valence electrons. The van der Waals surface area contributed by atoms with Crippen LogP contribution in [0.5, 0.6) is 0 Å². The van der Waals surface area contributed by atoms with E-state index in [0.717, 1.165) is 19.4 Å². The Kier molecular flexibility index (Phi) is 3.55. The van der Waals surface area contributed by atoms with Gasteiger partial charge in [0.1, 0.15) is 0 Å². The van der Waals surface area contributed by atoms with Gasteiger partial charge in [0.15, 0.2) is 0 Å². The Morgan fingerprint density at radius 2 is 2.00 bits per heavy atom. The summed E-state index contributed by atoms with van der Waals surface area (Å²) in [5.41, 5.74) is 0. The lowest BCUT2D eigenvalue weighted by atomic mass is 10.1. The highest BCUT2D eigenvalue weighted by Crippen LogP contribution is 2.23. The lowest BCUT2D eigenvalue weighted by Crippen LogP contribution is -2.53. The predicted octanol–water partition coefficient (Wildman–Crippen LogP) is 2.01. The van der Waals surface area contributed by atoms with E-state index in [0.29, 0.717) is 13.1 Å². The number of nitrogens with zero attached hydrogens (tertiary/aromatic N) is 1. The first kappa shape index (κ1) is 10.8. The maximum Gasteiger partial charge on any atom is 0.522 e. The lowest BCUT2D eigenvalue weighted by molar-refractivity contribution is -0.354. The molecular formula is C8H14F3NO. The van der Waals surface area contributed by atoms with Gasteiger partial charge in [-0.15, -0.1) is 13.2 Å². The topological polar surface area (TPSA) is 12.5 Å². The van der Waals surface area contributed by atoms with Crippen molar-refractivity contribution in [3.8, 4) is 0 Å². The van der Waals surface area contributed by atoms with Crippen molar-refractivity contribution in [1.82, 2.24) is 4.90 Å². The summed E-state index contributed by atoms with van der Waals surface area (Å²) in [4.78, 5) is 1.97. The summed E-state index contributed by atoms with van der Waals surface area (Å²) >= 11 is 0. The number of likely N-dealkylation sites (tertiary alicyclic amines) is 1.